The number of aryl methyl sites for hydroxylation is 2. The van der Waals surface area contributed by atoms with Crippen molar-refractivity contribution in [1.29, 1.82) is 0 Å². The number of piperazine rings is 2. The van der Waals surface area contributed by atoms with E-state index in [-0.39, 0.29) is 17.5 Å². The molecule has 7 aromatic heterocycles. The van der Waals surface area contributed by atoms with Gasteiger partial charge in [0.25, 0.3) is 5.91 Å². The summed E-state index contributed by atoms with van der Waals surface area (Å²) in [6.45, 7) is 24.8. The molecule has 6 N–H and O–H groups in total. The van der Waals surface area contributed by atoms with Crippen LogP contribution in [0.15, 0.2) is 177 Å². The minimum Gasteiger partial charge on any atom is -0.505 e. The Morgan fingerprint density at radius 3 is 1.50 bits per heavy atom. The van der Waals surface area contributed by atoms with E-state index in [1.165, 1.54) is 23.5 Å². The Morgan fingerprint density at radius 1 is 0.510 bits per heavy atom. The summed E-state index contributed by atoms with van der Waals surface area (Å²) in [6, 6.07) is 45.8. The molecule has 0 bridgehead atoms. The molecule has 1 amide bonds. The van der Waals surface area contributed by atoms with Crippen LogP contribution in [0.4, 0.5) is 60.0 Å². The van der Waals surface area contributed by atoms with Crippen LogP contribution in [0.3, 0.4) is 0 Å². The molecule has 5 aromatic carbocycles. The van der Waals surface area contributed by atoms with E-state index in [0.29, 0.717) is 35.6 Å². The number of nitrogens with one attached hydrogen (secondary N) is 5. The molecule has 0 saturated carbocycles. The van der Waals surface area contributed by atoms with Crippen molar-refractivity contribution in [1.82, 2.24) is 53.5 Å². The van der Waals surface area contributed by atoms with Crippen LogP contribution < -0.4 is 36.0 Å². The molecule has 0 radical (unpaired) electrons. The summed E-state index contributed by atoms with van der Waals surface area (Å²) < 4.78 is 40.5. The highest BCUT2D eigenvalue weighted by atomic mass is 19.1. The van der Waals surface area contributed by atoms with Crippen LogP contribution >= 0.6 is 0 Å². The van der Waals surface area contributed by atoms with Crippen molar-refractivity contribution in [2.24, 2.45) is 0 Å². The summed E-state index contributed by atoms with van der Waals surface area (Å²) in [5.41, 5.74) is 20.2. The van der Waals surface area contributed by atoms with E-state index in [9.17, 15) is 14.3 Å². The van der Waals surface area contributed by atoms with Crippen molar-refractivity contribution < 1.29 is 23.4 Å². The van der Waals surface area contributed by atoms with E-state index in [1.54, 1.807) is 24.5 Å². The van der Waals surface area contributed by atoms with Crippen LogP contribution in [0, 0.1) is 25.5 Å². The van der Waals surface area contributed by atoms with Crippen LogP contribution in [-0.4, -0.2) is 150 Å². The molecule has 0 atom stereocenters. The average molecular weight is 1320 g/mol. The standard InChI is InChI=1S/C28H29FN6O.C26H28FN5O.C22H24N6O/c1-18(2)33-11-13-34(14-12-33)26-7-4-21(16-23(26)29)32-24-6-8-25(35-10-9-30-27(24)35)19-3-5-22-20(15-19)17-31-28(22)36;1-18(2)30-13-15-31(16-14-30)21-6-4-20(5-7-21)29-23-8-9-24(32-12-11-28-26(23)32)19-3-10-25(33)22(27)17-19;1-15-21(16(2)26-25-15)20-8-7-19(22-23-9-10-28(20)22)24-17-3-5-18(6-4-17)27-11-13-29-14-12-27/h3-10,15-16,18,32H,11-14,17H2,1-2H3,(H,31,36);3-12,17-18,29,33H,13-16H2,1-2H3;3-10,24H,11-14H2,1-2H3,(H,25,26). The zero-order valence-electron chi connectivity index (χ0n) is 56.0. The van der Waals surface area contributed by atoms with Gasteiger partial charge >= 0.3 is 0 Å². The second-order valence-corrected chi connectivity index (χ2v) is 25.8. The van der Waals surface area contributed by atoms with E-state index in [1.807, 2.05) is 102 Å². The number of hydrogen-bond donors (Lipinski definition) is 6. The number of halogens is 2. The van der Waals surface area contributed by atoms with Crippen molar-refractivity contribution in [2.45, 2.75) is 60.2 Å². The highest BCUT2D eigenvalue weighted by Crippen LogP contribution is 2.36. The van der Waals surface area contributed by atoms with Crippen LogP contribution in [0.1, 0.15) is 55.0 Å². The third-order valence-corrected chi connectivity index (χ3v) is 19.1. The lowest BCUT2D eigenvalue weighted by atomic mass is 10.0. The number of nitrogens with zero attached hydrogens (tertiary/aromatic N) is 12. The number of rotatable bonds is 14. The summed E-state index contributed by atoms with van der Waals surface area (Å²) in [4.78, 5) is 37.4. The number of amides is 1. The first-order chi connectivity index (χ1) is 47.7. The third kappa shape index (κ3) is 13.5. The van der Waals surface area contributed by atoms with Gasteiger partial charge in [-0.05, 0) is 186 Å². The van der Waals surface area contributed by atoms with Gasteiger partial charge in [0.1, 0.15) is 5.82 Å². The Morgan fingerprint density at radius 2 is 0.990 bits per heavy atom. The number of carbonyl (C=O) groups excluding carboxylic acids is 1. The van der Waals surface area contributed by atoms with Crippen LogP contribution in [0.2, 0.25) is 0 Å². The van der Waals surface area contributed by atoms with Crippen molar-refractivity contribution in [3.05, 3.63) is 211 Å². The maximum atomic E-state index is 15.1. The van der Waals surface area contributed by atoms with Crippen LogP contribution in [0.25, 0.3) is 50.7 Å². The maximum absolute atomic E-state index is 15.1. The van der Waals surface area contributed by atoms with Crippen molar-refractivity contribution in [3.8, 4) is 39.5 Å². The van der Waals surface area contributed by atoms with Gasteiger partial charge in [0.2, 0.25) is 0 Å². The number of pyridine rings is 3. The number of anilines is 9. The van der Waals surface area contributed by atoms with Gasteiger partial charge in [-0.25, -0.2) is 23.7 Å². The first kappa shape index (κ1) is 64.5. The third-order valence-electron chi connectivity index (χ3n) is 19.1. The average Bonchev–Trinajstić information content (AvgIpc) is 1.57. The fourth-order valence-electron chi connectivity index (χ4n) is 13.6. The van der Waals surface area contributed by atoms with Gasteiger partial charge in [-0.3, -0.25) is 32.9 Å². The molecule has 502 valence electrons. The number of H-pyrrole nitrogens is 1. The first-order valence-electron chi connectivity index (χ1n) is 33.6. The predicted molar refractivity (Wildman–Crippen MR) is 386 cm³/mol. The molecule has 3 fully saturated rings. The lowest BCUT2D eigenvalue weighted by Gasteiger charge is -2.38. The van der Waals surface area contributed by atoms with E-state index < -0.39 is 5.82 Å². The number of hydrogen-bond acceptors (Lipinski definition) is 15. The minimum absolute atomic E-state index is 0.0278. The Balaban J connectivity index is 0.000000126. The quantitative estimate of drug-likeness (QED) is 0.0602. The van der Waals surface area contributed by atoms with Crippen molar-refractivity contribution in [3.63, 3.8) is 0 Å². The minimum atomic E-state index is -0.645. The molecule has 4 aliphatic rings. The number of benzene rings is 5. The van der Waals surface area contributed by atoms with Crippen molar-refractivity contribution >= 4 is 74.0 Å². The second-order valence-electron chi connectivity index (χ2n) is 25.8. The normalized spacial score (nSPS) is 15.2. The first-order valence-corrected chi connectivity index (χ1v) is 33.6. The van der Waals surface area contributed by atoms with Gasteiger partial charge in [0, 0.05) is 172 Å². The van der Waals surface area contributed by atoms with Gasteiger partial charge in [-0.15, -0.1) is 0 Å². The van der Waals surface area contributed by atoms with Gasteiger partial charge in [0.15, 0.2) is 28.5 Å². The number of aromatic nitrogens is 8. The molecule has 98 heavy (non-hydrogen) atoms. The molecule has 20 nitrogen and oxygen atoms in total. The monoisotopic (exact) mass is 1320 g/mol. The highest BCUT2D eigenvalue weighted by Gasteiger charge is 2.25. The van der Waals surface area contributed by atoms with E-state index >= 15 is 4.39 Å². The number of morpholine rings is 1. The highest BCUT2D eigenvalue weighted by molar-refractivity contribution is 5.99. The van der Waals surface area contributed by atoms with Gasteiger partial charge in [0.05, 0.1) is 58.7 Å². The molecular formula is C76H81F2N17O3. The summed E-state index contributed by atoms with van der Waals surface area (Å²) in [6.07, 6.45) is 11.1. The topological polar surface area (TPSA) is 191 Å². The fraction of sp³-hybridized carbons (Fsp3) is 0.276. The fourth-order valence-corrected chi connectivity index (χ4v) is 13.6. The number of phenolic OH excluding ortho intramolecular Hbond substituents is 1. The van der Waals surface area contributed by atoms with Crippen LogP contribution in [-0.2, 0) is 11.3 Å². The largest absolute Gasteiger partial charge is 0.505 e. The summed E-state index contributed by atoms with van der Waals surface area (Å²) >= 11 is 0. The number of imidazole rings is 3. The molecule has 11 heterocycles. The number of ether oxygens (including phenoxy) is 1. The van der Waals surface area contributed by atoms with Gasteiger partial charge in [-0.1, -0.05) is 6.07 Å². The molecular weight excluding hydrogens is 1240 g/mol. The number of phenols is 1. The van der Waals surface area contributed by atoms with Gasteiger partial charge in [-0.2, -0.15) is 5.10 Å². The number of carbonyl (C=O) groups is 1. The smallest absolute Gasteiger partial charge is 0.251 e. The zero-order valence-corrected chi connectivity index (χ0v) is 56.0. The molecule has 22 heteroatoms. The molecule has 3 saturated heterocycles. The lowest BCUT2D eigenvalue weighted by Crippen LogP contribution is -2.49. The zero-order chi connectivity index (χ0) is 67.6. The van der Waals surface area contributed by atoms with E-state index in [4.69, 9.17) is 4.74 Å². The van der Waals surface area contributed by atoms with Crippen molar-refractivity contribution in [2.75, 3.05) is 109 Å². The summed E-state index contributed by atoms with van der Waals surface area (Å²) in [5, 5.41) is 30.1. The van der Waals surface area contributed by atoms with Crippen LogP contribution in [0.5, 0.6) is 5.75 Å². The molecule has 0 aliphatic carbocycles. The number of fused-ring (bicyclic) bond motifs is 4. The Hall–Kier alpha value is -10.8. The van der Waals surface area contributed by atoms with Gasteiger partial charge < -0.3 is 45.8 Å². The number of aromatic amines is 1. The molecule has 4 aliphatic heterocycles. The summed E-state index contributed by atoms with van der Waals surface area (Å²) in [5.74, 6) is -1.26. The SMILES string of the molecule is CC(C)N1CCN(c2ccc(Nc3ccc(-c4ccc(O)c(F)c4)n4ccnc34)cc2)CC1.CC(C)N1CCN(c2ccc(Nc3ccc(-c4ccc5c(c4)CNC5=O)n4ccnc34)cc2F)CC1.Cc1n[nH]c(C)c1-c1ccc(Nc2ccc(N3CCOCC3)cc2)c2nccn12. The van der Waals surface area contributed by atoms with E-state index in [2.05, 4.69) is 164 Å². The maximum Gasteiger partial charge on any atom is 0.251 e. The lowest BCUT2D eigenvalue weighted by molar-refractivity contribution is 0.0965. The Bertz CT molecular complexity index is 4790. The predicted octanol–water partition coefficient (Wildman–Crippen LogP) is 13.7. The molecule has 12 aromatic rings. The molecule has 16 rings (SSSR count). The number of aromatic hydroxyl groups is 1. The molecule has 0 spiro atoms. The Labute approximate surface area is 568 Å². The Kier molecular flexibility index (Phi) is 18.5. The molecule has 0 unspecified atom stereocenters. The summed E-state index contributed by atoms with van der Waals surface area (Å²) in [7, 11) is 0. The van der Waals surface area contributed by atoms with E-state index in [0.717, 1.165) is 175 Å². The second kappa shape index (κ2) is 28.1.